The molecule has 1 saturated heterocycles. The predicted molar refractivity (Wildman–Crippen MR) is 65.3 cm³/mol. The van der Waals surface area contributed by atoms with Crippen LogP contribution in [0, 0.1) is 5.82 Å². The van der Waals surface area contributed by atoms with E-state index in [2.05, 4.69) is 24.1 Å². The minimum Gasteiger partial charge on any atom is -0.370 e. The largest absolute Gasteiger partial charge is 0.370 e. The topological polar surface area (TPSA) is 15.3 Å². The molecule has 0 amide bonds. The molecule has 1 heterocycles. The van der Waals surface area contributed by atoms with Crippen molar-refractivity contribution in [3.63, 3.8) is 0 Å². The molecule has 0 aliphatic carbocycles. The Morgan fingerprint density at radius 3 is 2.94 bits per heavy atom. The van der Waals surface area contributed by atoms with Crippen LogP contribution in [-0.4, -0.2) is 25.2 Å². The number of anilines is 1. The zero-order valence-corrected chi connectivity index (χ0v) is 9.91. The van der Waals surface area contributed by atoms with Crippen molar-refractivity contribution in [3.05, 3.63) is 30.1 Å². The van der Waals surface area contributed by atoms with E-state index in [1.54, 1.807) is 12.1 Å². The minimum absolute atomic E-state index is 0.155. The van der Waals surface area contributed by atoms with E-state index in [1.165, 1.54) is 6.07 Å². The van der Waals surface area contributed by atoms with Gasteiger partial charge in [-0.2, -0.15) is 0 Å². The Bertz CT molecular complexity index is 352. The molecule has 2 rings (SSSR count). The Morgan fingerprint density at radius 2 is 2.25 bits per heavy atom. The van der Waals surface area contributed by atoms with Gasteiger partial charge in [-0.25, -0.2) is 4.39 Å². The fourth-order valence-corrected chi connectivity index (χ4v) is 2.28. The lowest BCUT2D eigenvalue weighted by atomic mass is 10.2. The highest BCUT2D eigenvalue weighted by molar-refractivity contribution is 5.47. The van der Waals surface area contributed by atoms with E-state index < -0.39 is 0 Å². The summed E-state index contributed by atoms with van der Waals surface area (Å²) >= 11 is 0. The van der Waals surface area contributed by atoms with Crippen LogP contribution in [0.25, 0.3) is 0 Å². The molecule has 1 unspecified atom stereocenters. The van der Waals surface area contributed by atoms with Gasteiger partial charge >= 0.3 is 0 Å². The molecule has 1 aliphatic rings. The Morgan fingerprint density at radius 1 is 1.44 bits per heavy atom. The van der Waals surface area contributed by atoms with Crippen LogP contribution in [0.3, 0.4) is 0 Å². The Kier molecular flexibility index (Phi) is 3.44. The summed E-state index contributed by atoms with van der Waals surface area (Å²) in [4.78, 5) is 2.24. The first-order chi connectivity index (χ1) is 7.65. The van der Waals surface area contributed by atoms with Gasteiger partial charge in [-0.3, -0.25) is 0 Å². The van der Waals surface area contributed by atoms with Crippen LogP contribution in [0.5, 0.6) is 0 Å². The average molecular weight is 222 g/mol. The third-order valence-corrected chi connectivity index (χ3v) is 2.93. The highest BCUT2D eigenvalue weighted by atomic mass is 19.1. The molecule has 1 atom stereocenters. The van der Waals surface area contributed by atoms with Gasteiger partial charge in [0, 0.05) is 30.9 Å². The average Bonchev–Trinajstić information content (AvgIpc) is 2.65. The second-order valence-corrected chi connectivity index (χ2v) is 4.73. The highest BCUT2D eigenvalue weighted by Crippen LogP contribution is 2.21. The first-order valence-corrected chi connectivity index (χ1v) is 5.91. The Balaban J connectivity index is 1.98. The van der Waals surface area contributed by atoms with E-state index in [0.717, 1.165) is 25.2 Å². The first-order valence-electron chi connectivity index (χ1n) is 5.91. The molecule has 1 aromatic carbocycles. The van der Waals surface area contributed by atoms with Gasteiger partial charge in [-0.1, -0.05) is 19.9 Å². The molecular formula is C13H19FN2. The van der Waals surface area contributed by atoms with Crippen LogP contribution in [0.4, 0.5) is 10.1 Å². The first kappa shape index (κ1) is 11.4. The number of hydrogen-bond donors (Lipinski definition) is 1. The fraction of sp³-hybridized carbons (Fsp3) is 0.538. The van der Waals surface area contributed by atoms with Gasteiger partial charge in [-0.05, 0) is 24.6 Å². The van der Waals surface area contributed by atoms with Crippen molar-refractivity contribution in [2.45, 2.75) is 32.4 Å². The van der Waals surface area contributed by atoms with E-state index in [-0.39, 0.29) is 5.82 Å². The molecule has 0 aromatic heterocycles. The highest BCUT2D eigenvalue weighted by Gasteiger charge is 2.22. The summed E-state index contributed by atoms with van der Waals surface area (Å²) in [7, 11) is 0. The molecule has 0 spiro atoms. The standard InChI is InChI=1S/C13H19FN2/c1-10(2)15-12-6-7-16(9-12)13-5-3-4-11(14)8-13/h3-5,8,10,12,15H,6-7,9H2,1-2H3. The summed E-state index contributed by atoms with van der Waals surface area (Å²) in [5.41, 5.74) is 0.994. The summed E-state index contributed by atoms with van der Waals surface area (Å²) in [6.45, 7) is 6.30. The van der Waals surface area contributed by atoms with Gasteiger partial charge < -0.3 is 10.2 Å². The molecule has 3 heteroatoms. The number of benzene rings is 1. The maximum atomic E-state index is 13.1. The van der Waals surface area contributed by atoms with E-state index in [9.17, 15) is 4.39 Å². The van der Waals surface area contributed by atoms with Crippen LogP contribution in [-0.2, 0) is 0 Å². The Labute approximate surface area is 96.5 Å². The molecular weight excluding hydrogens is 203 g/mol. The molecule has 1 aromatic rings. The molecule has 88 valence electrons. The van der Waals surface area contributed by atoms with Crippen molar-refractivity contribution < 1.29 is 4.39 Å². The van der Waals surface area contributed by atoms with Crippen LogP contribution >= 0.6 is 0 Å². The molecule has 2 nitrogen and oxygen atoms in total. The van der Waals surface area contributed by atoms with Gasteiger partial charge in [-0.15, -0.1) is 0 Å². The SMILES string of the molecule is CC(C)NC1CCN(c2cccc(F)c2)C1. The third kappa shape index (κ3) is 2.73. The molecule has 0 radical (unpaired) electrons. The quantitative estimate of drug-likeness (QED) is 0.845. The van der Waals surface area contributed by atoms with Crippen molar-refractivity contribution >= 4 is 5.69 Å². The van der Waals surface area contributed by atoms with Gasteiger partial charge in [0.25, 0.3) is 0 Å². The van der Waals surface area contributed by atoms with Crippen molar-refractivity contribution in [2.24, 2.45) is 0 Å². The lowest BCUT2D eigenvalue weighted by Crippen LogP contribution is -2.37. The lowest BCUT2D eigenvalue weighted by Gasteiger charge is -2.20. The van der Waals surface area contributed by atoms with Gasteiger partial charge in [0.15, 0.2) is 0 Å². The van der Waals surface area contributed by atoms with Crippen LogP contribution in [0.2, 0.25) is 0 Å². The number of rotatable bonds is 3. The second-order valence-electron chi connectivity index (χ2n) is 4.73. The molecule has 16 heavy (non-hydrogen) atoms. The van der Waals surface area contributed by atoms with Crippen LogP contribution in [0.1, 0.15) is 20.3 Å². The number of nitrogens with one attached hydrogen (secondary N) is 1. The monoisotopic (exact) mass is 222 g/mol. The molecule has 0 bridgehead atoms. The predicted octanol–water partition coefficient (Wildman–Crippen LogP) is 2.40. The molecule has 1 N–H and O–H groups in total. The minimum atomic E-state index is -0.155. The zero-order chi connectivity index (χ0) is 11.5. The lowest BCUT2D eigenvalue weighted by molar-refractivity contribution is 0.492. The molecule has 0 saturated carbocycles. The normalized spacial score (nSPS) is 20.8. The summed E-state index contributed by atoms with van der Waals surface area (Å²) in [5.74, 6) is -0.155. The maximum absolute atomic E-state index is 13.1. The van der Waals surface area contributed by atoms with Crippen LogP contribution < -0.4 is 10.2 Å². The van der Waals surface area contributed by atoms with E-state index in [1.807, 2.05) is 6.07 Å². The van der Waals surface area contributed by atoms with Gasteiger partial charge in [0.2, 0.25) is 0 Å². The summed E-state index contributed by atoms with van der Waals surface area (Å²) in [6, 6.07) is 7.89. The number of halogens is 1. The van der Waals surface area contributed by atoms with Gasteiger partial charge in [0.05, 0.1) is 0 Å². The zero-order valence-electron chi connectivity index (χ0n) is 9.91. The van der Waals surface area contributed by atoms with Crippen molar-refractivity contribution in [3.8, 4) is 0 Å². The molecule has 1 fully saturated rings. The second kappa shape index (κ2) is 4.83. The number of nitrogens with zero attached hydrogens (tertiary/aromatic N) is 1. The van der Waals surface area contributed by atoms with Crippen molar-refractivity contribution in [1.82, 2.24) is 5.32 Å². The van der Waals surface area contributed by atoms with E-state index >= 15 is 0 Å². The summed E-state index contributed by atoms with van der Waals surface area (Å²) < 4.78 is 13.1. The fourth-order valence-electron chi connectivity index (χ4n) is 2.28. The summed E-state index contributed by atoms with van der Waals surface area (Å²) in [6.07, 6.45) is 1.13. The molecule has 1 aliphatic heterocycles. The smallest absolute Gasteiger partial charge is 0.125 e. The third-order valence-electron chi connectivity index (χ3n) is 2.93. The van der Waals surface area contributed by atoms with Crippen molar-refractivity contribution in [1.29, 1.82) is 0 Å². The number of hydrogen-bond acceptors (Lipinski definition) is 2. The van der Waals surface area contributed by atoms with Gasteiger partial charge in [0.1, 0.15) is 5.82 Å². The van der Waals surface area contributed by atoms with Crippen LogP contribution in [0.15, 0.2) is 24.3 Å². The van der Waals surface area contributed by atoms with E-state index in [0.29, 0.717) is 12.1 Å². The van der Waals surface area contributed by atoms with Crippen molar-refractivity contribution in [2.75, 3.05) is 18.0 Å². The summed E-state index contributed by atoms with van der Waals surface area (Å²) in [5, 5.41) is 3.52. The maximum Gasteiger partial charge on any atom is 0.125 e. The van der Waals surface area contributed by atoms with E-state index in [4.69, 9.17) is 0 Å². The Hall–Kier alpha value is -1.09.